The number of ether oxygens (including phenoxy) is 1. The lowest BCUT2D eigenvalue weighted by molar-refractivity contribution is -0.134. The number of aryl methyl sites for hydroxylation is 2. The number of carbonyl (C=O) groups excluding carboxylic acids is 2. The zero-order valence-electron chi connectivity index (χ0n) is 19.2. The zero-order chi connectivity index (χ0) is 22.5. The van der Waals surface area contributed by atoms with Crippen LogP contribution in [0.25, 0.3) is 0 Å². The van der Waals surface area contributed by atoms with Crippen LogP contribution in [0, 0.1) is 12.8 Å². The summed E-state index contributed by atoms with van der Waals surface area (Å²) in [6.07, 6.45) is 6.21. The summed E-state index contributed by atoms with van der Waals surface area (Å²) in [5.41, 5.74) is 1.40. The summed E-state index contributed by atoms with van der Waals surface area (Å²) in [7, 11) is 0. The van der Waals surface area contributed by atoms with Gasteiger partial charge in [-0.05, 0) is 45.2 Å². The second kappa shape index (κ2) is 10.2. The van der Waals surface area contributed by atoms with Crippen LogP contribution in [0.1, 0.15) is 55.1 Å². The molecule has 2 atom stereocenters. The predicted molar refractivity (Wildman–Crippen MR) is 123 cm³/mol. The minimum absolute atomic E-state index is 0.00391. The highest BCUT2D eigenvalue weighted by Gasteiger charge is 2.36. The second-order valence-electron chi connectivity index (χ2n) is 8.90. The molecule has 1 aromatic carbocycles. The van der Waals surface area contributed by atoms with Gasteiger partial charge < -0.3 is 14.5 Å². The number of benzene rings is 1. The van der Waals surface area contributed by atoms with Crippen molar-refractivity contribution in [2.24, 2.45) is 5.92 Å². The monoisotopic (exact) mass is 438 g/mol. The van der Waals surface area contributed by atoms with Crippen molar-refractivity contribution in [2.45, 2.75) is 58.6 Å². The third kappa shape index (κ3) is 5.14. The first kappa shape index (κ1) is 22.4. The highest BCUT2D eigenvalue weighted by Crippen LogP contribution is 2.28. The Balaban J connectivity index is 1.49. The van der Waals surface area contributed by atoms with Gasteiger partial charge in [0.05, 0.1) is 11.3 Å². The van der Waals surface area contributed by atoms with Gasteiger partial charge in [-0.2, -0.15) is 5.10 Å². The van der Waals surface area contributed by atoms with Gasteiger partial charge in [-0.15, -0.1) is 0 Å². The Morgan fingerprint density at radius 2 is 1.81 bits per heavy atom. The number of hydrogen-bond donors (Lipinski definition) is 0. The van der Waals surface area contributed by atoms with Crippen molar-refractivity contribution in [2.75, 3.05) is 26.2 Å². The topological polar surface area (TPSA) is 67.7 Å². The largest absolute Gasteiger partial charge is 0.490 e. The fraction of sp³-hybridized carbons (Fsp3) is 0.560. The second-order valence-corrected chi connectivity index (χ2v) is 8.90. The van der Waals surface area contributed by atoms with Gasteiger partial charge in [-0.1, -0.05) is 18.2 Å². The van der Waals surface area contributed by atoms with Crippen molar-refractivity contribution in [3.63, 3.8) is 0 Å². The third-order valence-electron chi connectivity index (χ3n) is 6.63. The van der Waals surface area contributed by atoms with Crippen molar-refractivity contribution in [3.8, 4) is 5.75 Å². The quantitative estimate of drug-likeness (QED) is 0.692. The lowest BCUT2D eigenvalue weighted by Crippen LogP contribution is -2.50. The van der Waals surface area contributed by atoms with E-state index in [9.17, 15) is 9.59 Å². The summed E-state index contributed by atoms with van der Waals surface area (Å²) in [6.45, 7) is 7.43. The van der Waals surface area contributed by atoms with Crippen LogP contribution in [-0.4, -0.2) is 63.7 Å². The third-order valence-corrected chi connectivity index (χ3v) is 6.63. The summed E-state index contributed by atoms with van der Waals surface area (Å²) in [5.74, 6) is 0.952. The molecule has 0 spiro atoms. The normalized spacial score (nSPS) is 21.4. The Morgan fingerprint density at radius 1 is 1.06 bits per heavy atom. The minimum Gasteiger partial charge on any atom is -0.490 e. The Hall–Kier alpha value is -2.83. The van der Waals surface area contributed by atoms with E-state index in [1.807, 2.05) is 60.2 Å². The number of para-hydroxylation sites is 1. The van der Waals surface area contributed by atoms with E-state index in [4.69, 9.17) is 4.74 Å². The number of likely N-dealkylation sites (tertiary alicyclic amines) is 2. The number of aromatic nitrogens is 2. The number of rotatable bonds is 6. The van der Waals surface area contributed by atoms with Crippen LogP contribution in [0.15, 0.2) is 36.5 Å². The average molecular weight is 439 g/mol. The molecular formula is C25H34N4O3. The Kier molecular flexibility index (Phi) is 7.12. The van der Waals surface area contributed by atoms with Gasteiger partial charge in [0.1, 0.15) is 11.9 Å². The Labute approximate surface area is 190 Å². The van der Waals surface area contributed by atoms with E-state index in [-0.39, 0.29) is 23.8 Å². The molecular weight excluding hydrogens is 404 g/mol. The number of piperidine rings is 2. The molecule has 172 valence electrons. The number of hydrogen-bond acceptors (Lipinski definition) is 4. The molecule has 0 radical (unpaired) electrons. The molecule has 4 rings (SSSR count). The van der Waals surface area contributed by atoms with Gasteiger partial charge in [0, 0.05) is 57.7 Å². The van der Waals surface area contributed by atoms with Gasteiger partial charge in [0.25, 0.3) is 5.91 Å². The van der Waals surface area contributed by atoms with E-state index in [1.165, 1.54) is 6.42 Å². The molecule has 2 aliphatic heterocycles. The molecule has 0 bridgehead atoms. The Morgan fingerprint density at radius 3 is 2.50 bits per heavy atom. The van der Waals surface area contributed by atoms with Crippen molar-refractivity contribution < 1.29 is 14.3 Å². The molecule has 2 saturated heterocycles. The first-order valence-electron chi connectivity index (χ1n) is 11.9. The first-order valence-corrected chi connectivity index (χ1v) is 11.9. The van der Waals surface area contributed by atoms with E-state index >= 15 is 0 Å². The SMILES string of the molecule is CCn1cc(C(=O)N2CC[C@H](Oc3ccccc3)[C@@H](CC(=O)N3CCCCC3)C2)c(C)n1. The summed E-state index contributed by atoms with van der Waals surface area (Å²) >= 11 is 0. The molecule has 0 N–H and O–H groups in total. The van der Waals surface area contributed by atoms with Crippen LogP contribution in [0.5, 0.6) is 5.75 Å². The molecule has 7 heteroatoms. The molecule has 2 amide bonds. The molecule has 0 saturated carbocycles. The van der Waals surface area contributed by atoms with Crippen LogP contribution < -0.4 is 4.74 Å². The predicted octanol–water partition coefficient (Wildman–Crippen LogP) is 3.52. The van der Waals surface area contributed by atoms with Crippen molar-refractivity contribution in [1.82, 2.24) is 19.6 Å². The van der Waals surface area contributed by atoms with E-state index in [0.717, 1.165) is 43.9 Å². The van der Waals surface area contributed by atoms with E-state index in [2.05, 4.69) is 5.10 Å². The standard InChI is InChI=1S/C25H34N4O3/c1-3-29-18-22(19(2)26-29)25(31)28-15-12-23(32-21-10-6-4-7-11-21)20(17-28)16-24(30)27-13-8-5-9-14-27/h4,6-7,10-11,18,20,23H,3,5,8-9,12-17H2,1-2H3/t20-,23-/m0/s1. The lowest BCUT2D eigenvalue weighted by atomic mass is 9.90. The highest BCUT2D eigenvalue weighted by atomic mass is 16.5. The minimum atomic E-state index is -0.0883. The van der Waals surface area contributed by atoms with Crippen LogP contribution >= 0.6 is 0 Å². The maximum atomic E-state index is 13.3. The summed E-state index contributed by atoms with van der Waals surface area (Å²) in [5, 5.41) is 4.43. The maximum Gasteiger partial charge on any atom is 0.257 e. The zero-order valence-corrected chi connectivity index (χ0v) is 19.2. The van der Waals surface area contributed by atoms with Crippen molar-refractivity contribution in [1.29, 1.82) is 0 Å². The fourth-order valence-corrected chi connectivity index (χ4v) is 4.78. The van der Waals surface area contributed by atoms with Crippen molar-refractivity contribution >= 4 is 11.8 Å². The number of nitrogens with zero attached hydrogens (tertiary/aromatic N) is 4. The smallest absolute Gasteiger partial charge is 0.257 e. The maximum absolute atomic E-state index is 13.3. The van der Waals surface area contributed by atoms with E-state index in [0.29, 0.717) is 31.5 Å². The van der Waals surface area contributed by atoms with Gasteiger partial charge in [0.2, 0.25) is 5.91 Å². The van der Waals surface area contributed by atoms with E-state index in [1.54, 1.807) is 4.68 Å². The molecule has 7 nitrogen and oxygen atoms in total. The molecule has 1 aromatic heterocycles. The summed E-state index contributed by atoms with van der Waals surface area (Å²) in [6, 6.07) is 9.77. The van der Waals surface area contributed by atoms with Crippen LogP contribution in [0.2, 0.25) is 0 Å². The van der Waals surface area contributed by atoms with E-state index < -0.39 is 0 Å². The average Bonchev–Trinajstić information content (AvgIpc) is 3.21. The molecule has 32 heavy (non-hydrogen) atoms. The molecule has 2 aliphatic rings. The lowest BCUT2D eigenvalue weighted by Gasteiger charge is -2.39. The fourth-order valence-electron chi connectivity index (χ4n) is 4.78. The van der Waals surface area contributed by atoms with Crippen LogP contribution in [0.3, 0.4) is 0 Å². The summed E-state index contributed by atoms with van der Waals surface area (Å²) < 4.78 is 8.11. The van der Waals surface area contributed by atoms with Crippen LogP contribution in [0.4, 0.5) is 0 Å². The molecule has 2 fully saturated rings. The Bertz CT molecular complexity index is 921. The van der Waals surface area contributed by atoms with Gasteiger partial charge in [-0.3, -0.25) is 14.3 Å². The highest BCUT2D eigenvalue weighted by molar-refractivity contribution is 5.95. The first-order chi connectivity index (χ1) is 15.5. The van der Waals surface area contributed by atoms with Gasteiger partial charge in [-0.25, -0.2) is 0 Å². The molecule has 3 heterocycles. The van der Waals surface area contributed by atoms with Gasteiger partial charge >= 0.3 is 0 Å². The molecule has 0 unspecified atom stereocenters. The van der Waals surface area contributed by atoms with Crippen molar-refractivity contribution in [3.05, 3.63) is 47.8 Å². The molecule has 0 aliphatic carbocycles. The number of amides is 2. The van der Waals surface area contributed by atoms with Gasteiger partial charge in [0.15, 0.2) is 0 Å². The summed E-state index contributed by atoms with van der Waals surface area (Å²) in [4.78, 5) is 30.2. The molecule has 2 aromatic rings. The van der Waals surface area contributed by atoms with Crippen LogP contribution in [-0.2, 0) is 11.3 Å². The number of carbonyl (C=O) groups is 2.